The summed E-state index contributed by atoms with van der Waals surface area (Å²) in [7, 11) is 0. The molecule has 0 aliphatic carbocycles. The fourth-order valence-electron chi connectivity index (χ4n) is 0.778. The molecule has 0 heterocycles. The quantitative estimate of drug-likeness (QED) is 0.625. The summed E-state index contributed by atoms with van der Waals surface area (Å²) >= 11 is 0. The van der Waals surface area contributed by atoms with Gasteiger partial charge in [0.15, 0.2) is 11.1 Å². The SMILES string of the molecule is CC(C#N)CN=NCC(C)C#N.CC(C)(N=NC(C)(C)C(=O)O)C(=O)O. The van der Waals surface area contributed by atoms with Crippen LogP contribution in [-0.4, -0.2) is 46.3 Å². The van der Waals surface area contributed by atoms with Crippen LogP contribution in [0.3, 0.4) is 0 Å². The van der Waals surface area contributed by atoms with Crippen LogP contribution in [0.1, 0.15) is 41.5 Å². The molecule has 0 saturated heterocycles. The highest BCUT2D eigenvalue weighted by atomic mass is 16.4. The molecule has 0 spiro atoms. The third kappa shape index (κ3) is 11.6. The largest absolute Gasteiger partial charge is 0.479 e. The van der Waals surface area contributed by atoms with Crippen LogP contribution in [0, 0.1) is 34.5 Å². The van der Waals surface area contributed by atoms with E-state index in [-0.39, 0.29) is 11.8 Å². The first-order chi connectivity index (χ1) is 11.8. The first kappa shape index (κ1) is 25.4. The van der Waals surface area contributed by atoms with Gasteiger partial charge in [0.25, 0.3) is 0 Å². The van der Waals surface area contributed by atoms with Gasteiger partial charge in [-0.25, -0.2) is 9.59 Å². The van der Waals surface area contributed by atoms with E-state index in [1.54, 1.807) is 13.8 Å². The summed E-state index contributed by atoms with van der Waals surface area (Å²) < 4.78 is 0. The average molecular weight is 366 g/mol. The molecule has 0 aromatic carbocycles. The van der Waals surface area contributed by atoms with Crippen LogP contribution < -0.4 is 0 Å². The van der Waals surface area contributed by atoms with Gasteiger partial charge in [-0.15, -0.1) is 0 Å². The summed E-state index contributed by atoms with van der Waals surface area (Å²) in [5.41, 5.74) is -2.79. The van der Waals surface area contributed by atoms with E-state index in [1.165, 1.54) is 27.7 Å². The second-order valence-corrected chi connectivity index (χ2v) is 6.64. The number of carboxylic acids is 2. The standard InChI is InChI=1S/C8H12N4.C8H14N2O4/c1-7(3-9)5-11-12-6-8(2)4-10;1-7(2,5(11)12)9-10-8(3,4)6(13)14/h7-8H,5-6H2,1-2H3;1-4H3,(H,11,12)(H,13,14). The number of aliphatic carboxylic acids is 2. The Balaban J connectivity index is 0. The summed E-state index contributed by atoms with van der Waals surface area (Å²) in [5, 5.41) is 48.7. The van der Waals surface area contributed by atoms with Crippen LogP contribution in [0.5, 0.6) is 0 Å². The molecule has 0 aliphatic heterocycles. The highest BCUT2D eigenvalue weighted by molar-refractivity contribution is 5.79. The molecule has 0 aliphatic rings. The summed E-state index contributed by atoms with van der Waals surface area (Å²) in [6.07, 6.45) is 0. The van der Waals surface area contributed by atoms with Crippen molar-refractivity contribution in [3.63, 3.8) is 0 Å². The van der Waals surface area contributed by atoms with Crippen LogP contribution >= 0.6 is 0 Å². The van der Waals surface area contributed by atoms with Crippen LogP contribution in [0.4, 0.5) is 0 Å². The minimum atomic E-state index is -1.40. The molecule has 26 heavy (non-hydrogen) atoms. The monoisotopic (exact) mass is 366 g/mol. The number of rotatable bonds is 8. The van der Waals surface area contributed by atoms with Crippen molar-refractivity contribution < 1.29 is 19.8 Å². The molecular weight excluding hydrogens is 340 g/mol. The topological polar surface area (TPSA) is 172 Å². The summed E-state index contributed by atoms with van der Waals surface area (Å²) in [5.74, 6) is -2.48. The zero-order valence-corrected chi connectivity index (χ0v) is 16.0. The zero-order valence-electron chi connectivity index (χ0n) is 16.0. The smallest absolute Gasteiger partial charge is 0.332 e. The number of carboxylic acid groups (broad SMARTS) is 2. The number of azo groups is 2. The number of nitrogens with zero attached hydrogens (tertiary/aromatic N) is 6. The molecule has 2 unspecified atom stereocenters. The highest BCUT2D eigenvalue weighted by Gasteiger charge is 2.31. The molecule has 0 fully saturated rings. The van der Waals surface area contributed by atoms with E-state index in [4.69, 9.17) is 20.7 Å². The lowest BCUT2D eigenvalue weighted by Gasteiger charge is -2.16. The molecule has 0 bridgehead atoms. The number of hydrogen-bond donors (Lipinski definition) is 2. The Hall–Kier alpha value is -2.88. The number of carbonyl (C=O) groups is 2. The van der Waals surface area contributed by atoms with Crippen LogP contribution in [-0.2, 0) is 9.59 Å². The average Bonchev–Trinajstić information content (AvgIpc) is 2.56. The fourth-order valence-corrected chi connectivity index (χ4v) is 0.778. The summed E-state index contributed by atoms with van der Waals surface area (Å²) in [6.45, 7) is 9.80. The van der Waals surface area contributed by atoms with Crippen molar-refractivity contribution in [2.45, 2.75) is 52.6 Å². The predicted octanol–water partition coefficient (Wildman–Crippen LogP) is 2.92. The third-order valence-electron chi connectivity index (χ3n) is 2.85. The molecule has 10 heteroatoms. The Morgan fingerprint density at radius 3 is 1.31 bits per heavy atom. The Morgan fingerprint density at radius 1 is 0.846 bits per heavy atom. The van der Waals surface area contributed by atoms with Crippen molar-refractivity contribution in [2.24, 2.45) is 32.3 Å². The summed E-state index contributed by atoms with van der Waals surface area (Å²) in [6, 6.07) is 4.10. The lowest BCUT2D eigenvalue weighted by molar-refractivity contribution is -0.144. The molecule has 0 aromatic heterocycles. The van der Waals surface area contributed by atoms with Crippen molar-refractivity contribution in [1.29, 1.82) is 10.5 Å². The first-order valence-electron chi connectivity index (χ1n) is 7.83. The molecule has 0 saturated carbocycles. The van der Waals surface area contributed by atoms with Gasteiger partial charge in [-0.05, 0) is 41.5 Å². The minimum Gasteiger partial charge on any atom is -0.479 e. The van der Waals surface area contributed by atoms with E-state index < -0.39 is 23.0 Å². The molecule has 2 atom stereocenters. The Morgan fingerprint density at radius 2 is 1.12 bits per heavy atom. The van der Waals surface area contributed by atoms with E-state index in [0.29, 0.717) is 13.1 Å². The van der Waals surface area contributed by atoms with Gasteiger partial charge in [-0.3, -0.25) is 0 Å². The molecule has 144 valence electrons. The zero-order chi connectivity index (χ0) is 21.0. The Bertz CT molecular complexity index is 561. The van der Waals surface area contributed by atoms with Gasteiger partial charge >= 0.3 is 11.9 Å². The molecule has 0 aromatic rings. The molecule has 0 amide bonds. The highest BCUT2D eigenvalue weighted by Crippen LogP contribution is 2.15. The van der Waals surface area contributed by atoms with Crippen LogP contribution in [0.2, 0.25) is 0 Å². The van der Waals surface area contributed by atoms with E-state index in [2.05, 4.69) is 20.5 Å². The maximum atomic E-state index is 10.6. The minimum absolute atomic E-state index is 0.0915. The Labute approximate surface area is 153 Å². The number of nitriles is 2. The van der Waals surface area contributed by atoms with E-state index >= 15 is 0 Å². The normalized spacial score (nSPS) is 14.0. The van der Waals surface area contributed by atoms with Gasteiger partial charge in [0.05, 0.1) is 37.1 Å². The molecule has 2 N–H and O–H groups in total. The van der Waals surface area contributed by atoms with Crippen molar-refractivity contribution in [3.05, 3.63) is 0 Å². The third-order valence-corrected chi connectivity index (χ3v) is 2.85. The maximum Gasteiger partial charge on any atom is 0.332 e. The molecule has 10 nitrogen and oxygen atoms in total. The van der Waals surface area contributed by atoms with Gasteiger partial charge in [-0.2, -0.15) is 31.0 Å². The molecular formula is C16H26N6O4. The number of hydrogen-bond acceptors (Lipinski definition) is 8. The predicted molar refractivity (Wildman–Crippen MR) is 92.4 cm³/mol. The maximum absolute atomic E-state index is 10.6. The second-order valence-electron chi connectivity index (χ2n) is 6.64. The van der Waals surface area contributed by atoms with E-state index in [9.17, 15) is 9.59 Å². The van der Waals surface area contributed by atoms with Gasteiger partial charge in [0.1, 0.15) is 0 Å². The van der Waals surface area contributed by atoms with Crippen molar-refractivity contribution in [1.82, 2.24) is 0 Å². The van der Waals surface area contributed by atoms with Gasteiger partial charge in [-0.1, -0.05) is 0 Å². The second kappa shape index (κ2) is 11.6. The van der Waals surface area contributed by atoms with Crippen LogP contribution in [0.25, 0.3) is 0 Å². The fraction of sp³-hybridized carbons (Fsp3) is 0.750. The van der Waals surface area contributed by atoms with Gasteiger partial charge in [0.2, 0.25) is 0 Å². The molecule has 0 radical (unpaired) electrons. The van der Waals surface area contributed by atoms with Crippen molar-refractivity contribution >= 4 is 11.9 Å². The Kier molecular flexibility index (Phi) is 11.3. The molecule has 0 rings (SSSR count). The lowest BCUT2D eigenvalue weighted by Crippen LogP contribution is -2.32. The van der Waals surface area contributed by atoms with Gasteiger partial charge in [0, 0.05) is 0 Å². The van der Waals surface area contributed by atoms with Crippen molar-refractivity contribution in [3.8, 4) is 12.1 Å². The summed E-state index contributed by atoms with van der Waals surface area (Å²) in [4.78, 5) is 21.2. The van der Waals surface area contributed by atoms with Gasteiger partial charge < -0.3 is 10.2 Å². The van der Waals surface area contributed by atoms with E-state index in [1.807, 2.05) is 12.1 Å². The lowest BCUT2D eigenvalue weighted by atomic mass is 10.1. The van der Waals surface area contributed by atoms with Crippen molar-refractivity contribution in [2.75, 3.05) is 13.1 Å². The first-order valence-corrected chi connectivity index (χ1v) is 7.83. The van der Waals surface area contributed by atoms with E-state index in [0.717, 1.165) is 0 Å². The van der Waals surface area contributed by atoms with Crippen LogP contribution in [0.15, 0.2) is 20.5 Å².